The largest absolute Gasteiger partial charge is 0.504 e. The first-order valence-corrected chi connectivity index (χ1v) is 9.93. The van der Waals surface area contributed by atoms with E-state index >= 15 is 0 Å². The fourth-order valence-corrected chi connectivity index (χ4v) is 3.35. The van der Waals surface area contributed by atoms with Crippen molar-refractivity contribution in [1.82, 2.24) is 20.2 Å². The fraction of sp³-hybridized carbons (Fsp3) is 0.200. The van der Waals surface area contributed by atoms with Crippen LogP contribution in [0, 0.1) is 6.92 Å². The first kappa shape index (κ1) is 20.4. The predicted octanol–water partition coefficient (Wildman–Crippen LogP) is 2.93. The van der Waals surface area contributed by atoms with Gasteiger partial charge in [0.05, 0.1) is 12.0 Å². The Hall–Kier alpha value is -3.33. The number of carbonyl (C=O) groups excluding carboxylic acids is 1. The van der Waals surface area contributed by atoms with Crippen molar-refractivity contribution >= 4 is 23.9 Å². The molecule has 3 aromatic rings. The van der Waals surface area contributed by atoms with E-state index in [0.29, 0.717) is 17.3 Å². The third-order valence-electron chi connectivity index (χ3n) is 4.08. The van der Waals surface area contributed by atoms with Crippen molar-refractivity contribution in [3.63, 3.8) is 0 Å². The number of aryl methyl sites for hydroxylation is 1. The van der Waals surface area contributed by atoms with Crippen molar-refractivity contribution in [2.24, 2.45) is 5.10 Å². The molecule has 1 aromatic heterocycles. The zero-order valence-corrected chi connectivity index (χ0v) is 16.8. The molecule has 2 aromatic carbocycles. The van der Waals surface area contributed by atoms with Crippen LogP contribution < -0.4 is 5.43 Å². The Bertz CT molecular complexity index is 1030. The van der Waals surface area contributed by atoms with Crippen molar-refractivity contribution < 1.29 is 15.0 Å². The predicted molar refractivity (Wildman–Crippen MR) is 112 cm³/mol. The van der Waals surface area contributed by atoms with Gasteiger partial charge in [-0.15, -0.1) is 10.2 Å². The lowest BCUT2D eigenvalue weighted by Gasteiger charge is -2.07. The second kappa shape index (κ2) is 9.24. The maximum atomic E-state index is 12.0. The average molecular weight is 411 g/mol. The number of carbonyl (C=O) groups is 1. The molecule has 1 heterocycles. The lowest BCUT2D eigenvalue weighted by atomic mass is 10.1. The van der Waals surface area contributed by atoms with Gasteiger partial charge >= 0.3 is 0 Å². The maximum absolute atomic E-state index is 12.0. The van der Waals surface area contributed by atoms with Gasteiger partial charge in [0, 0.05) is 12.1 Å². The van der Waals surface area contributed by atoms with Gasteiger partial charge in [-0.25, -0.2) is 5.43 Å². The van der Waals surface area contributed by atoms with E-state index in [1.54, 1.807) is 6.07 Å². The van der Waals surface area contributed by atoms with Gasteiger partial charge in [-0.05, 0) is 37.6 Å². The van der Waals surface area contributed by atoms with Gasteiger partial charge in [0.2, 0.25) is 0 Å². The van der Waals surface area contributed by atoms with Crippen molar-refractivity contribution in [2.45, 2.75) is 25.5 Å². The number of nitrogens with zero attached hydrogens (tertiary/aromatic N) is 4. The summed E-state index contributed by atoms with van der Waals surface area (Å²) in [5.74, 6) is 0.133. The number of hydrogen-bond acceptors (Lipinski definition) is 7. The summed E-state index contributed by atoms with van der Waals surface area (Å²) in [5, 5.41) is 31.7. The molecule has 3 N–H and O–H groups in total. The number of thioether (sulfide) groups is 1. The van der Waals surface area contributed by atoms with Crippen LogP contribution in [0.1, 0.15) is 18.1 Å². The highest BCUT2D eigenvalue weighted by Gasteiger charge is 2.14. The monoisotopic (exact) mass is 411 g/mol. The Morgan fingerprint density at radius 2 is 1.93 bits per heavy atom. The van der Waals surface area contributed by atoms with Crippen LogP contribution in [0.3, 0.4) is 0 Å². The minimum atomic E-state index is -0.295. The molecule has 0 aliphatic heterocycles. The Balaban J connectivity index is 1.59. The number of rotatable bonds is 7. The SMILES string of the molecule is CCn1c(SCC(=O)NN=Cc2ccc(O)c(O)c2)nnc1-c1ccc(C)cc1. The highest BCUT2D eigenvalue weighted by Crippen LogP contribution is 2.25. The molecular weight excluding hydrogens is 390 g/mol. The number of hydrogen-bond donors (Lipinski definition) is 3. The molecule has 1 amide bonds. The van der Waals surface area contributed by atoms with E-state index in [1.807, 2.05) is 42.7 Å². The number of aromatic hydroxyl groups is 2. The number of amides is 1. The summed E-state index contributed by atoms with van der Waals surface area (Å²) in [5.41, 5.74) is 5.12. The van der Waals surface area contributed by atoms with Gasteiger partial charge in [-0.1, -0.05) is 41.6 Å². The number of phenols is 2. The van der Waals surface area contributed by atoms with Crippen LogP contribution in [-0.4, -0.2) is 42.9 Å². The summed E-state index contributed by atoms with van der Waals surface area (Å²) in [6, 6.07) is 12.3. The molecule has 0 saturated heterocycles. The molecule has 0 bridgehead atoms. The smallest absolute Gasteiger partial charge is 0.250 e. The van der Waals surface area contributed by atoms with Crippen LogP contribution in [0.2, 0.25) is 0 Å². The van der Waals surface area contributed by atoms with E-state index in [2.05, 4.69) is 20.7 Å². The maximum Gasteiger partial charge on any atom is 0.250 e. The second-order valence-corrected chi connectivity index (χ2v) is 7.19. The molecular formula is C20H21N5O3S. The molecule has 150 valence electrons. The molecule has 0 fully saturated rings. The average Bonchev–Trinajstić information content (AvgIpc) is 3.12. The molecule has 0 spiro atoms. The molecule has 3 rings (SSSR count). The number of aromatic nitrogens is 3. The molecule has 0 atom stereocenters. The fourth-order valence-electron chi connectivity index (χ4n) is 2.56. The zero-order chi connectivity index (χ0) is 20.8. The Labute approximate surface area is 172 Å². The molecule has 0 aliphatic rings. The van der Waals surface area contributed by atoms with E-state index in [9.17, 15) is 15.0 Å². The van der Waals surface area contributed by atoms with E-state index < -0.39 is 0 Å². The van der Waals surface area contributed by atoms with Crippen molar-refractivity contribution in [1.29, 1.82) is 0 Å². The molecule has 8 nitrogen and oxygen atoms in total. The molecule has 0 unspecified atom stereocenters. The second-order valence-electron chi connectivity index (χ2n) is 6.25. The summed E-state index contributed by atoms with van der Waals surface area (Å²) >= 11 is 1.28. The van der Waals surface area contributed by atoms with Crippen LogP contribution in [0.4, 0.5) is 0 Å². The van der Waals surface area contributed by atoms with Gasteiger partial charge < -0.3 is 14.8 Å². The van der Waals surface area contributed by atoms with E-state index in [0.717, 1.165) is 11.4 Å². The van der Waals surface area contributed by atoms with Crippen LogP contribution in [-0.2, 0) is 11.3 Å². The number of hydrazone groups is 1. The molecule has 29 heavy (non-hydrogen) atoms. The first-order chi connectivity index (χ1) is 14.0. The molecule has 0 aliphatic carbocycles. The Kier molecular flexibility index (Phi) is 6.50. The lowest BCUT2D eigenvalue weighted by molar-refractivity contribution is -0.118. The van der Waals surface area contributed by atoms with Crippen LogP contribution in [0.5, 0.6) is 11.5 Å². The number of benzene rings is 2. The molecule has 0 radical (unpaired) electrons. The first-order valence-electron chi connectivity index (χ1n) is 8.95. The molecule has 9 heteroatoms. The summed E-state index contributed by atoms with van der Waals surface area (Å²) in [7, 11) is 0. The van der Waals surface area contributed by atoms with Gasteiger partial charge in [-0.3, -0.25) is 4.79 Å². The van der Waals surface area contributed by atoms with E-state index in [-0.39, 0.29) is 23.2 Å². The minimum absolute atomic E-state index is 0.129. The van der Waals surface area contributed by atoms with Gasteiger partial charge in [-0.2, -0.15) is 5.10 Å². The lowest BCUT2D eigenvalue weighted by Crippen LogP contribution is -2.20. The normalized spacial score (nSPS) is 11.1. The van der Waals surface area contributed by atoms with E-state index in [1.165, 1.54) is 35.7 Å². The standard InChI is InChI=1S/C20H21N5O3S/c1-3-25-19(15-7-4-13(2)5-8-15)23-24-20(25)29-12-18(28)22-21-11-14-6-9-16(26)17(27)10-14/h4-11,26-27H,3,12H2,1-2H3,(H,22,28). The quantitative estimate of drug-likeness (QED) is 0.238. The number of phenolic OH excluding ortho intramolecular Hbond substituents is 2. The van der Waals surface area contributed by atoms with Crippen LogP contribution >= 0.6 is 11.8 Å². The van der Waals surface area contributed by atoms with Crippen molar-refractivity contribution in [3.05, 3.63) is 53.6 Å². The van der Waals surface area contributed by atoms with Crippen LogP contribution in [0.25, 0.3) is 11.4 Å². The zero-order valence-electron chi connectivity index (χ0n) is 16.0. The summed E-state index contributed by atoms with van der Waals surface area (Å²) in [6.45, 7) is 4.71. The minimum Gasteiger partial charge on any atom is -0.504 e. The highest BCUT2D eigenvalue weighted by atomic mass is 32.2. The van der Waals surface area contributed by atoms with E-state index in [4.69, 9.17) is 0 Å². The van der Waals surface area contributed by atoms with Crippen molar-refractivity contribution in [2.75, 3.05) is 5.75 Å². The Morgan fingerprint density at radius 3 is 2.62 bits per heavy atom. The number of nitrogens with one attached hydrogen (secondary N) is 1. The third kappa shape index (κ3) is 5.14. The Morgan fingerprint density at radius 1 is 1.17 bits per heavy atom. The topological polar surface area (TPSA) is 113 Å². The van der Waals surface area contributed by atoms with Gasteiger partial charge in [0.25, 0.3) is 5.91 Å². The van der Waals surface area contributed by atoms with Crippen molar-refractivity contribution in [3.8, 4) is 22.9 Å². The summed E-state index contributed by atoms with van der Waals surface area (Å²) in [4.78, 5) is 12.0. The third-order valence-corrected chi connectivity index (χ3v) is 5.04. The van der Waals surface area contributed by atoms with Crippen LogP contribution in [0.15, 0.2) is 52.7 Å². The van der Waals surface area contributed by atoms with Gasteiger partial charge in [0.15, 0.2) is 22.5 Å². The summed E-state index contributed by atoms with van der Waals surface area (Å²) in [6.07, 6.45) is 1.38. The highest BCUT2D eigenvalue weighted by molar-refractivity contribution is 7.99. The molecule has 0 saturated carbocycles. The summed E-state index contributed by atoms with van der Waals surface area (Å²) < 4.78 is 1.96. The van der Waals surface area contributed by atoms with Gasteiger partial charge in [0.1, 0.15) is 0 Å².